The molecular formula is C17H30N2. The summed E-state index contributed by atoms with van der Waals surface area (Å²) in [4.78, 5) is 2.48. The van der Waals surface area contributed by atoms with E-state index in [4.69, 9.17) is 0 Å². The first kappa shape index (κ1) is 16.2. The first-order chi connectivity index (χ1) is 9.06. The van der Waals surface area contributed by atoms with E-state index in [-0.39, 0.29) is 0 Å². The molecule has 1 aromatic rings. The van der Waals surface area contributed by atoms with Gasteiger partial charge in [0, 0.05) is 19.1 Å². The highest BCUT2D eigenvalue weighted by Gasteiger charge is 2.18. The van der Waals surface area contributed by atoms with Crippen molar-refractivity contribution in [3.63, 3.8) is 0 Å². The summed E-state index contributed by atoms with van der Waals surface area (Å²) in [6.45, 7) is 12.3. The Labute approximate surface area is 119 Å². The second-order valence-corrected chi connectivity index (χ2v) is 5.86. The quantitative estimate of drug-likeness (QED) is 0.722. The molecule has 2 heteroatoms. The van der Waals surface area contributed by atoms with Crippen LogP contribution < -0.4 is 5.32 Å². The summed E-state index contributed by atoms with van der Waals surface area (Å²) >= 11 is 0. The molecule has 108 valence electrons. The number of nitrogens with one attached hydrogen (secondary N) is 1. The van der Waals surface area contributed by atoms with Gasteiger partial charge < -0.3 is 5.32 Å². The summed E-state index contributed by atoms with van der Waals surface area (Å²) in [5.74, 6) is 0.665. The van der Waals surface area contributed by atoms with Crippen LogP contribution in [0.5, 0.6) is 0 Å². The number of aryl methyl sites for hydroxylation is 1. The van der Waals surface area contributed by atoms with Crippen LogP contribution in [-0.4, -0.2) is 31.1 Å². The molecule has 0 fully saturated rings. The van der Waals surface area contributed by atoms with Crippen LogP contribution in [-0.2, 0) is 6.54 Å². The summed E-state index contributed by atoms with van der Waals surface area (Å²) in [5, 5.41) is 3.56. The fourth-order valence-corrected chi connectivity index (χ4v) is 2.50. The number of benzene rings is 1. The molecule has 0 aromatic heterocycles. The Morgan fingerprint density at radius 1 is 1.21 bits per heavy atom. The van der Waals surface area contributed by atoms with Crippen molar-refractivity contribution in [2.75, 3.05) is 20.1 Å². The Morgan fingerprint density at radius 3 is 2.47 bits per heavy atom. The lowest BCUT2D eigenvalue weighted by molar-refractivity contribution is 0.179. The predicted octanol–water partition coefficient (Wildman–Crippen LogP) is 3.45. The molecule has 0 aliphatic rings. The largest absolute Gasteiger partial charge is 0.315 e. The van der Waals surface area contributed by atoms with Crippen molar-refractivity contribution in [1.29, 1.82) is 0 Å². The van der Waals surface area contributed by atoms with Crippen molar-refractivity contribution >= 4 is 0 Å². The maximum atomic E-state index is 3.56. The van der Waals surface area contributed by atoms with E-state index in [1.165, 1.54) is 17.5 Å². The van der Waals surface area contributed by atoms with Gasteiger partial charge in [0.05, 0.1) is 0 Å². The number of hydrogen-bond donors (Lipinski definition) is 1. The van der Waals surface area contributed by atoms with Gasteiger partial charge in [-0.05, 0) is 44.0 Å². The molecule has 0 spiro atoms. The third kappa shape index (κ3) is 5.33. The molecule has 1 atom stereocenters. The molecule has 0 saturated heterocycles. The molecule has 1 unspecified atom stereocenters. The van der Waals surface area contributed by atoms with Gasteiger partial charge in [0.25, 0.3) is 0 Å². The van der Waals surface area contributed by atoms with Crippen molar-refractivity contribution in [2.24, 2.45) is 5.92 Å². The summed E-state index contributed by atoms with van der Waals surface area (Å²) in [6.07, 6.45) is 1.20. The highest BCUT2D eigenvalue weighted by molar-refractivity contribution is 5.25. The Kier molecular flexibility index (Phi) is 7.11. The minimum Gasteiger partial charge on any atom is -0.315 e. The first-order valence-electron chi connectivity index (χ1n) is 7.51. The summed E-state index contributed by atoms with van der Waals surface area (Å²) < 4.78 is 0. The zero-order valence-electron chi connectivity index (χ0n) is 13.2. The van der Waals surface area contributed by atoms with E-state index in [1.54, 1.807) is 0 Å². The van der Waals surface area contributed by atoms with E-state index in [2.05, 4.69) is 69.2 Å². The van der Waals surface area contributed by atoms with Crippen LogP contribution in [0.2, 0.25) is 0 Å². The minimum absolute atomic E-state index is 0.589. The van der Waals surface area contributed by atoms with E-state index in [0.29, 0.717) is 12.0 Å². The average molecular weight is 262 g/mol. The molecule has 1 aromatic carbocycles. The van der Waals surface area contributed by atoms with Gasteiger partial charge in [-0.3, -0.25) is 4.90 Å². The lowest BCUT2D eigenvalue weighted by atomic mass is 10.0. The van der Waals surface area contributed by atoms with Crippen LogP contribution >= 0.6 is 0 Å². The van der Waals surface area contributed by atoms with Crippen LogP contribution in [0.3, 0.4) is 0 Å². The molecule has 1 N–H and O–H groups in total. The smallest absolute Gasteiger partial charge is 0.0244 e. The third-order valence-electron chi connectivity index (χ3n) is 3.80. The second kappa shape index (κ2) is 8.34. The van der Waals surface area contributed by atoms with Crippen molar-refractivity contribution in [1.82, 2.24) is 10.2 Å². The van der Waals surface area contributed by atoms with Crippen LogP contribution in [0.15, 0.2) is 24.3 Å². The van der Waals surface area contributed by atoms with E-state index in [9.17, 15) is 0 Å². The Balaban J connectivity index is 2.61. The van der Waals surface area contributed by atoms with E-state index in [0.717, 1.165) is 19.6 Å². The number of rotatable bonds is 8. The SMILES string of the molecule is CCCNCC(C(C)C)N(C)Cc1ccccc1C. The van der Waals surface area contributed by atoms with Crippen LogP contribution in [0.1, 0.15) is 38.3 Å². The zero-order valence-corrected chi connectivity index (χ0v) is 13.2. The van der Waals surface area contributed by atoms with Crippen molar-refractivity contribution < 1.29 is 0 Å². The van der Waals surface area contributed by atoms with Crippen LogP contribution in [0.25, 0.3) is 0 Å². The second-order valence-electron chi connectivity index (χ2n) is 5.86. The van der Waals surface area contributed by atoms with E-state index in [1.807, 2.05) is 0 Å². The first-order valence-corrected chi connectivity index (χ1v) is 7.51. The third-order valence-corrected chi connectivity index (χ3v) is 3.80. The van der Waals surface area contributed by atoms with Gasteiger partial charge in [-0.1, -0.05) is 45.0 Å². The summed E-state index contributed by atoms with van der Waals surface area (Å²) in [6, 6.07) is 9.27. The molecule has 0 saturated carbocycles. The molecular weight excluding hydrogens is 232 g/mol. The van der Waals surface area contributed by atoms with Gasteiger partial charge >= 0.3 is 0 Å². The molecule has 2 nitrogen and oxygen atoms in total. The number of likely N-dealkylation sites (N-methyl/N-ethyl adjacent to an activating group) is 1. The molecule has 1 rings (SSSR count). The Morgan fingerprint density at radius 2 is 1.89 bits per heavy atom. The Bertz CT molecular complexity index is 360. The fourth-order valence-electron chi connectivity index (χ4n) is 2.50. The molecule has 0 amide bonds. The van der Waals surface area contributed by atoms with E-state index >= 15 is 0 Å². The summed E-state index contributed by atoms with van der Waals surface area (Å²) in [5.41, 5.74) is 2.82. The minimum atomic E-state index is 0.589. The molecule has 0 aliphatic carbocycles. The highest BCUT2D eigenvalue weighted by atomic mass is 15.1. The molecule has 0 bridgehead atoms. The maximum Gasteiger partial charge on any atom is 0.0244 e. The normalized spacial score (nSPS) is 13.2. The molecule has 0 aliphatic heterocycles. The van der Waals surface area contributed by atoms with Gasteiger partial charge in [-0.2, -0.15) is 0 Å². The van der Waals surface area contributed by atoms with Crippen molar-refractivity contribution in [3.05, 3.63) is 35.4 Å². The number of hydrogen-bond acceptors (Lipinski definition) is 2. The van der Waals surface area contributed by atoms with Gasteiger partial charge in [-0.15, -0.1) is 0 Å². The lowest BCUT2D eigenvalue weighted by Gasteiger charge is -2.32. The van der Waals surface area contributed by atoms with Crippen LogP contribution in [0.4, 0.5) is 0 Å². The molecule has 0 heterocycles. The number of nitrogens with zero attached hydrogens (tertiary/aromatic N) is 1. The average Bonchev–Trinajstić information content (AvgIpc) is 2.37. The maximum absolute atomic E-state index is 3.56. The summed E-state index contributed by atoms with van der Waals surface area (Å²) in [7, 11) is 2.24. The fraction of sp³-hybridized carbons (Fsp3) is 0.647. The van der Waals surface area contributed by atoms with Crippen molar-refractivity contribution in [3.8, 4) is 0 Å². The molecule has 19 heavy (non-hydrogen) atoms. The predicted molar refractivity (Wildman–Crippen MR) is 84.4 cm³/mol. The van der Waals surface area contributed by atoms with Crippen LogP contribution in [0, 0.1) is 12.8 Å². The van der Waals surface area contributed by atoms with Crippen molar-refractivity contribution in [2.45, 2.75) is 46.7 Å². The van der Waals surface area contributed by atoms with E-state index < -0.39 is 0 Å². The zero-order chi connectivity index (χ0) is 14.3. The van der Waals surface area contributed by atoms with Gasteiger partial charge in [0.15, 0.2) is 0 Å². The van der Waals surface area contributed by atoms with Gasteiger partial charge in [-0.25, -0.2) is 0 Å². The topological polar surface area (TPSA) is 15.3 Å². The van der Waals surface area contributed by atoms with Gasteiger partial charge in [0.2, 0.25) is 0 Å². The highest BCUT2D eigenvalue weighted by Crippen LogP contribution is 2.15. The van der Waals surface area contributed by atoms with Gasteiger partial charge in [0.1, 0.15) is 0 Å². The Hall–Kier alpha value is -0.860. The standard InChI is InChI=1S/C17H30N2/c1-6-11-18-12-17(14(2)3)19(5)13-16-10-8-7-9-15(16)4/h7-10,14,17-18H,6,11-13H2,1-5H3. The monoisotopic (exact) mass is 262 g/mol. The lowest BCUT2D eigenvalue weighted by Crippen LogP contribution is -2.43. The molecule has 0 radical (unpaired) electrons.